The van der Waals surface area contributed by atoms with Crippen molar-refractivity contribution in [1.82, 2.24) is 10.3 Å². The second kappa shape index (κ2) is 7.87. The van der Waals surface area contributed by atoms with Gasteiger partial charge < -0.3 is 15.0 Å². The van der Waals surface area contributed by atoms with Gasteiger partial charge >= 0.3 is 0 Å². The number of benzene rings is 2. The third kappa shape index (κ3) is 4.11. The van der Waals surface area contributed by atoms with Gasteiger partial charge in [-0.05, 0) is 43.0 Å². The Bertz CT molecular complexity index is 992. The number of aromatic amines is 1. The highest BCUT2D eigenvalue weighted by Crippen LogP contribution is 2.17. The van der Waals surface area contributed by atoms with Crippen molar-refractivity contribution >= 4 is 16.8 Å². The maximum Gasteiger partial charge on any atom is 0.251 e. The molecular formula is C21H22N2O3. The van der Waals surface area contributed by atoms with Crippen LogP contribution in [0.2, 0.25) is 0 Å². The van der Waals surface area contributed by atoms with Crippen molar-refractivity contribution < 1.29 is 9.53 Å². The number of H-pyrrole nitrogens is 1. The lowest BCUT2D eigenvalue weighted by atomic mass is 10.1. The summed E-state index contributed by atoms with van der Waals surface area (Å²) in [5, 5.41) is 3.86. The van der Waals surface area contributed by atoms with Gasteiger partial charge in [0.2, 0.25) is 5.91 Å². The summed E-state index contributed by atoms with van der Waals surface area (Å²) in [7, 11) is 1.61. The first-order valence-electron chi connectivity index (χ1n) is 8.58. The lowest BCUT2D eigenvalue weighted by molar-refractivity contribution is -0.121. The number of carbonyl (C=O) groups is 1. The standard InChI is InChI=1S/C21H22N2O3/c1-14-7-9-18-17(11-14)12-15(21(25)23-18)8-10-20(24)22-13-16-5-3-4-6-19(16)26-2/h3-7,9,11-12H,8,10,13H2,1-2H3,(H,22,24)(H,23,25). The summed E-state index contributed by atoms with van der Waals surface area (Å²) in [6.07, 6.45) is 0.659. The van der Waals surface area contributed by atoms with Crippen LogP contribution in [0.25, 0.3) is 10.9 Å². The normalized spacial score (nSPS) is 10.7. The second-order valence-electron chi connectivity index (χ2n) is 6.30. The number of para-hydroxylation sites is 1. The first kappa shape index (κ1) is 17.7. The molecule has 0 bridgehead atoms. The van der Waals surface area contributed by atoms with E-state index in [1.807, 2.05) is 55.5 Å². The first-order valence-corrected chi connectivity index (χ1v) is 8.58. The van der Waals surface area contributed by atoms with E-state index in [1.165, 1.54) is 0 Å². The molecule has 134 valence electrons. The van der Waals surface area contributed by atoms with Gasteiger partial charge in [-0.1, -0.05) is 29.8 Å². The zero-order chi connectivity index (χ0) is 18.5. The number of aryl methyl sites for hydroxylation is 2. The van der Waals surface area contributed by atoms with E-state index in [2.05, 4.69) is 10.3 Å². The van der Waals surface area contributed by atoms with Gasteiger partial charge in [0.05, 0.1) is 7.11 Å². The molecule has 0 spiro atoms. The zero-order valence-corrected chi connectivity index (χ0v) is 15.0. The molecule has 0 aliphatic carbocycles. The van der Waals surface area contributed by atoms with E-state index in [0.717, 1.165) is 27.8 Å². The Hall–Kier alpha value is -3.08. The number of nitrogens with one attached hydrogen (secondary N) is 2. The Balaban J connectivity index is 1.63. The third-order valence-corrected chi connectivity index (χ3v) is 4.37. The van der Waals surface area contributed by atoms with Crippen LogP contribution < -0.4 is 15.6 Å². The van der Waals surface area contributed by atoms with Crippen molar-refractivity contribution in [3.05, 3.63) is 75.6 Å². The Kier molecular flexibility index (Phi) is 5.37. The summed E-state index contributed by atoms with van der Waals surface area (Å²) in [5.41, 5.74) is 3.34. The molecule has 0 saturated heterocycles. The number of carbonyl (C=O) groups excluding carboxylic acids is 1. The van der Waals surface area contributed by atoms with Crippen LogP contribution in [0.3, 0.4) is 0 Å². The summed E-state index contributed by atoms with van der Waals surface area (Å²) in [4.78, 5) is 27.2. The summed E-state index contributed by atoms with van der Waals surface area (Å²) in [6, 6.07) is 15.3. The van der Waals surface area contributed by atoms with E-state index in [1.54, 1.807) is 7.11 Å². The Labute approximate surface area is 152 Å². The van der Waals surface area contributed by atoms with E-state index >= 15 is 0 Å². The lowest BCUT2D eigenvalue weighted by Crippen LogP contribution is -2.24. The molecular weight excluding hydrogens is 328 g/mol. The first-order chi connectivity index (χ1) is 12.6. The fourth-order valence-corrected chi connectivity index (χ4v) is 2.94. The van der Waals surface area contributed by atoms with Gasteiger partial charge in [-0.25, -0.2) is 0 Å². The molecule has 3 aromatic rings. The number of pyridine rings is 1. The largest absolute Gasteiger partial charge is 0.496 e. The topological polar surface area (TPSA) is 71.2 Å². The number of hydrogen-bond donors (Lipinski definition) is 2. The maximum atomic E-state index is 12.2. The molecule has 0 unspecified atom stereocenters. The molecule has 26 heavy (non-hydrogen) atoms. The van der Waals surface area contributed by atoms with Gasteiger partial charge in [-0.3, -0.25) is 9.59 Å². The monoisotopic (exact) mass is 350 g/mol. The molecule has 1 heterocycles. The summed E-state index contributed by atoms with van der Waals surface area (Å²) in [6.45, 7) is 2.41. The van der Waals surface area contributed by atoms with Crippen LogP contribution in [-0.4, -0.2) is 18.0 Å². The minimum Gasteiger partial charge on any atom is -0.496 e. The number of amides is 1. The zero-order valence-electron chi connectivity index (χ0n) is 15.0. The molecule has 0 radical (unpaired) electrons. The van der Waals surface area contributed by atoms with Gasteiger partial charge in [0.15, 0.2) is 0 Å². The van der Waals surface area contributed by atoms with Crippen molar-refractivity contribution in [1.29, 1.82) is 0 Å². The molecule has 1 aromatic heterocycles. The predicted molar refractivity (Wildman–Crippen MR) is 102 cm³/mol. The molecule has 5 nitrogen and oxygen atoms in total. The smallest absolute Gasteiger partial charge is 0.251 e. The molecule has 0 fully saturated rings. The molecule has 0 aliphatic rings. The molecule has 0 saturated carbocycles. The van der Waals surface area contributed by atoms with Gasteiger partial charge in [0.25, 0.3) is 5.56 Å². The molecule has 5 heteroatoms. The van der Waals surface area contributed by atoms with E-state index < -0.39 is 0 Å². The number of aromatic nitrogens is 1. The minimum absolute atomic E-state index is 0.0976. The average Bonchev–Trinajstić information content (AvgIpc) is 2.65. The number of fused-ring (bicyclic) bond motifs is 1. The summed E-state index contributed by atoms with van der Waals surface area (Å²) in [5.74, 6) is 0.647. The van der Waals surface area contributed by atoms with Crippen LogP contribution >= 0.6 is 0 Å². The highest BCUT2D eigenvalue weighted by atomic mass is 16.5. The van der Waals surface area contributed by atoms with Crippen molar-refractivity contribution in [3.8, 4) is 5.75 Å². The van der Waals surface area contributed by atoms with Gasteiger partial charge in [0.1, 0.15) is 5.75 Å². The maximum absolute atomic E-state index is 12.2. The lowest BCUT2D eigenvalue weighted by Gasteiger charge is -2.09. The Morgan fingerprint density at radius 2 is 1.92 bits per heavy atom. The molecule has 0 atom stereocenters. The van der Waals surface area contributed by atoms with E-state index in [0.29, 0.717) is 18.5 Å². The number of methoxy groups -OCH3 is 1. The van der Waals surface area contributed by atoms with E-state index in [4.69, 9.17) is 4.74 Å². The fraction of sp³-hybridized carbons (Fsp3) is 0.238. The third-order valence-electron chi connectivity index (χ3n) is 4.37. The van der Waals surface area contributed by atoms with Crippen LogP contribution in [0.5, 0.6) is 5.75 Å². The molecule has 2 aromatic carbocycles. The van der Waals surface area contributed by atoms with Crippen molar-refractivity contribution in [2.75, 3.05) is 7.11 Å². The van der Waals surface area contributed by atoms with Crippen LogP contribution in [0.4, 0.5) is 0 Å². The van der Waals surface area contributed by atoms with Gasteiger partial charge in [-0.2, -0.15) is 0 Å². The van der Waals surface area contributed by atoms with E-state index in [-0.39, 0.29) is 17.9 Å². The molecule has 1 amide bonds. The molecule has 2 N–H and O–H groups in total. The molecule has 3 rings (SSSR count). The SMILES string of the molecule is COc1ccccc1CNC(=O)CCc1cc2cc(C)ccc2[nH]c1=O. The van der Waals surface area contributed by atoms with Crippen LogP contribution in [0, 0.1) is 6.92 Å². The quantitative estimate of drug-likeness (QED) is 0.718. The summed E-state index contributed by atoms with van der Waals surface area (Å²) < 4.78 is 5.28. The second-order valence-corrected chi connectivity index (χ2v) is 6.30. The van der Waals surface area contributed by atoms with Gasteiger partial charge in [0, 0.05) is 29.6 Å². The number of hydrogen-bond acceptors (Lipinski definition) is 3. The Morgan fingerprint density at radius 1 is 1.12 bits per heavy atom. The van der Waals surface area contributed by atoms with Crippen molar-refractivity contribution in [2.45, 2.75) is 26.3 Å². The van der Waals surface area contributed by atoms with Crippen LogP contribution in [-0.2, 0) is 17.8 Å². The van der Waals surface area contributed by atoms with Crippen molar-refractivity contribution in [2.24, 2.45) is 0 Å². The van der Waals surface area contributed by atoms with Crippen LogP contribution in [0.1, 0.15) is 23.1 Å². The average molecular weight is 350 g/mol. The van der Waals surface area contributed by atoms with Crippen molar-refractivity contribution in [3.63, 3.8) is 0 Å². The fourth-order valence-electron chi connectivity index (χ4n) is 2.94. The number of rotatable bonds is 6. The highest BCUT2D eigenvalue weighted by Gasteiger charge is 2.08. The summed E-state index contributed by atoms with van der Waals surface area (Å²) >= 11 is 0. The minimum atomic E-state index is -0.140. The molecule has 0 aliphatic heterocycles. The van der Waals surface area contributed by atoms with Crippen LogP contribution in [0.15, 0.2) is 53.3 Å². The number of ether oxygens (including phenoxy) is 1. The highest BCUT2D eigenvalue weighted by molar-refractivity contribution is 5.80. The van der Waals surface area contributed by atoms with Gasteiger partial charge in [-0.15, -0.1) is 0 Å². The van der Waals surface area contributed by atoms with E-state index in [9.17, 15) is 9.59 Å². The predicted octanol–water partition coefficient (Wildman–Crippen LogP) is 3.09. The Morgan fingerprint density at radius 3 is 2.73 bits per heavy atom.